The van der Waals surface area contributed by atoms with E-state index in [9.17, 15) is 18.0 Å². The molecule has 5 N–H and O–H groups in total. The smallest absolute Gasteiger partial charge is 0.416 e. The largest absolute Gasteiger partial charge is 0.495 e. The van der Waals surface area contributed by atoms with Crippen LogP contribution < -0.4 is 26.6 Å². The van der Waals surface area contributed by atoms with Gasteiger partial charge in [0.05, 0.1) is 30.3 Å². The standard InChI is InChI=1S/C28H31F3N6O2/c1-18-5-6-23(13-26(18)37(33)17-25(32)21-12-24(39-2)15-34-14-21)35-27(38)20-9-19(16-36-7-3-4-8-36)10-22(11-20)28(29,30)31/h5-6,9-15,17H,3-4,7-8,16,32-33H2,1-2H3,(H,35,38)/b25-17-. The van der Waals surface area contributed by atoms with Crippen LogP contribution in [-0.4, -0.2) is 36.0 Å². The quantitative estimate of drug-likeness (QED) is 0.275. The molecule has 8 nitrogen and oxygen atoms in total. The normalized spacial score (nSPS) is 14.4. The van der Waals surface area contributed by atoms with E-state index in [1.807, 2.05) is 6.92 Å². The van der Waals surface area contributed by atoms with Crippen LogP contribution in [-0.2, 0) is 12.7 Å². The minimum Gasteiger partial charge on any atom is -0.495 e. The first-order valence-electron chi connectivity index (χ1n) is 12.4. The van der Waals surface area contributed by atoms with Crippen molar-refractivity contribution in [3.05, 3.63) is 88.9 Å². The summed E-state index contributed by atoms with van der Waals surface area (Å²) in [6.45, 7) is 3.84. The van der Waals surface area contributed by atoms with Gasteiger partial charge in [0.2, 0.25) is 0 Å². The molecule has 1 amide bonds. The molecule has 2 aromatic carbocycles. The van der Waals surface area contributed by atoms with Crippen molar-refractivity contribution in [3.63, 3.8) is 0 Å². The average molecular weight is 541 g/mol. The molecule has 1 aliphatic rings. The van der Waals surface area contributed by atoms with Crippen LogP contribution in [0.25, 0.3) is 5.70 Å². The van der Waals surface area contributed by atoms with E-state index in [1.54, 1.807) is 36.7 Å². The first-order chi connectivity index (χ1) is 18.5. The fourth-order valence-corrected chi connectivity index (χ4v) is 4.43. The van der Waals surface area contributed by atoms with Crippen LogP contribution in [0.4, 0.5) is 24.5 Å². The second-order valence-corrected chi connectivity index (χ2v) is 9.46. The van der Waals surface area contributed by atoms with Gasteiger partial charge in [-0.05, 0) is 80.4 Å². The zero-order valence-corrected chi connectivity index (χ0v) is 21.8. The molecule has 1 aliphatic heterocycles. The van der Waals surface area contributed by atoms with Crippen LogP contribution in [0, 0.1) is 6.92 Å². The lowest BCUT2D eigenvalue weighted by Gasteiger charge is -2.20. The highest BCUT2D eigenvalue weighted by Gasteiger charge is 2.32. The van der Waals surface area contributed by atoms with Crippen molar-refractivity contribution in [2.24, 2.45) is 11.6 Å². The third kappa shape index (κ3) is 7.06. The number of hydrogen-bond donors (Lipinski definition) is 3. The number of anilines is 2. The van der Waals surface area contributed by atoms with Crippen LogP contribution in [0.15, 0.2) is 61.1 Å². The number of ether oxygens (including phenoxy) is 1. The molecule has 1 saturated heterocycles. The number of rotatable bonds is 8. The number of aryl methyl sites for hydroxylation is 1. The van der Waals surface area contributed by atoms with Gasteiger partial charge in [0.1, 0.15) is 5.75 Å². The van der Waals surface area contributed by atoms with Gasteiger partial charge in [-0.2, -0.15) is 13.2 Å². The van der Waals surface area contributed by atoms with Crippen molar-refractivity contribution in [3.8, 4) is 5.75 Å². The average Bonchev–Trinajstić information content (AvgIpc) is 3.42. The number of nitrogens with two attached hydrogens (primary N) is 2. The SMILES string of the molecule is COc1cncc(/C(N)=C/N(N)c2cc(NC(=O)c3cc(CN4CCCC4)cc(C(F)(F)F)c3)ccc2C)c1. The molecule has 39 heavy (non-hydrogen) atoms. The molecule has 0 bridgehead atoms. The van der Waals surface area contributed by atoms with Crippen molar-refractivity contribution in [1.29, 1.82) is 0 Å². The summed E-state index contributed by atoms with van der Waals surface area (Å²) >= 11 is 0. The van der Waals surface area contributed by atoms with Crippen LogP contribution in [0.5, 0.6) is 5.75 Å². The number of carbonyl (C=O) groups excluding carboxylic acids is 1. The molecule has 0 saturated carbocycles. The molecule has 3 aromatic rings. The predicted molar refractivity (Wildman–Crippen MR) is 145 cm³/mol. The summed E-state index contributed by atoms with van der Waals surface area (Å²) < 4.78 is 46.0. The zero-order valence-electron chi connectivity index (χ0n) is 21.8. The number of aromatic nitrogens is 1. The summed E-state index contributed by atoms with van der Waals surface area (Å²) in [5, 5.41) is 4.00. The fourth-order valence-electron chi connectivity index (χ4n) is 4.43. The molecule has 2 heterocycles. The summed E-state index contributed by atoms with van der Waals surface area (Å²) in [6, 6.07) is 10.2. The van der Waals surface area contributed by atoms with Crippen molar-refractivity contribution in [2.45, 2.75) is 32.5 Å². The first-order valence-corrected chi connectivity index (χ1v) is 12.4. The fraction of sp³-hybridized carbons (Fsp3) is 0.286. The van der Waals surface area contributed by atoms with Crippen LogP contribution >= 0.6 is 0 Å². The van der Waals surface area contributed by atoms with Gasteiger partial charge in [-0.3, -0.25) is 19.7 Å². The Balaban J connectivity index is 1.56. The number of halogens is 3. The Morgan fingerprint density at radius 2 is 1.87 bits per heavy atom. The lowest BCUT2D eigenvalue weighted by Crippen LogP contribution is -2.26. The van der Waals surface area contributed by atoms with Crippen molar-refractivity contribution in [1.82, 2.24) is 9.88 Å². The summed E-state index contributed by atoms with van der Waals surface area (Å²) in [4.78, 5) is 19.2. The van der Waals surface area contributed by atoms with Gasteiger partial charge >= 0.3 is 6.18 Å². The highest BCUT2D eigenvalue weighted by atomic mass is 19.4. The van der Waals surface area contributed by atoms with E-state index in [-0.39, 0.29) is 5.56 Å². The number of amides is 1. The number of nitrogens with one attached hydrogen (secondary N) is 1. The molecule has 0 atom stereocenters. The lowest BCUT2D eigenvalue weighted by atomic mass is 10.0. The molecule has 0 spiro atoms. The second kappa shape index (κ2) is 11.7. The summed E-state index contributed by atoms with van der Waals surface area (Å²) in [5.41, 5.74) is 8.34. The molecular formula is C28H31F3N6O2. The third-order valence-electron chi connectivity index (χ3n) is 6.49. The van der Waals surface area contributed by atoms with Gasteiger partial charge in [-0.1, -0.05) is 6.07 Å². The number of carbonyl (C=O) groups is 1. The first kappa shape index (κ1) is 27.9. The maximum Gasteiger partial charge on any atom is 0.416 e. The Labute approximate surface area is 225 Å². The van der Waals surface area contributed by atoms with E-state index < -0.39 is 17.6 Å². The Kier molecular flexibility index (Phi) is 8.41. The molecule has 206 valence electrons. The Hall–Kier alpha value is -4.09. The Bertz CT molecular complexity index is 1370. The number of hydrazine groups is 1. The van der Waals surface area contributed by atoms with Gasteiger partial charge in [0.25, 0.3) is 5.91 Å². The van der Waals surface area contributed by atoms with E-state index in [0.29, 0.717) is 40.5 Å². The number of likely N-dealkylation sites (tertiary alicyclic amines) is 1. The molecule has 0 unspecified atom stereocenters. The van der Waals surface area contributed by atoms with E-state index >= 15 is 0 Å². The molecule has 11 heteroatoms. The summed E-state index contributed by atoms with van der Waals surface area (Å²) in [7, 11) is 1.52. The molecule has 1 fully saturated rings. The van der Waals surface area contributed by atoms with E-state index in [2.05, 4.69) is 15.2 Å². The topological polar surface area (TPSA) is 110 Å². The van der Waals surface area contributed by atoms with Gasteiger partial charge in [0.15, 0.2) is 0 Å². The number of nitrogens with zero attached hydrogens (tertiary/aromatic N) is 3. The molecule has 1 aromatic heterocycles. The van der Waals surface area contributed by atoms with Gasteiger partial charge in [0, 0.05) is 35.8 Å². The van der Waals surface area contributed by atoms with E-state index in [4.69, 9.17) is 16.3 Å². The zero-order chi connectivity index (χ0) is 28.2. The molecule has 0 aliphatic carbocycles. The van der Waals surface area contributed by atoms with Gasteiger partial charge in [-0.15, -0.1) is 0 Å². The van der Waals surface area contributed by atoms with Gasteiger partial charge in [-0.25, -0.2) is 5.84 Å². The summed E-state index contributed by atoms with van der Waals surface area (Å²) in [6.07, 6.45) is 2.07. The number of benzene rings is 2. The second-order valence-electron chi connectivity index (χ2n) is 9.46. The van der Waals surface area contributed by atoms with E-state index in [1.165, 1.54) is 24.4 Å². The van der Waals surface area contributed by atoms with Crippen LogP contribution in [0.2, 0.25) is 0 Å². The Morgan fingerprint density at radius 3 is 2.56 bits per heavy atom. The number of alkyl halides is 3. The minimum absolute atomic E-state index is 0.0691. The molecular weight excluding hydrogens is 509 g/mol. The summed E-state index contributed by atoms with van der Waals surface area (Å²) in [5.74, 6) is 6.14. The maximum absolute atomic E-state index is 13.6. The molecule has 0 radical (unpaired) electrons. The van der Waals surface area contributed by atoms with E-state index in [0.717, 1.165) is 43.6 Å². The van der Waals surface area contributed by atoms with Crippen molar-refractivity contribution < 1.29 is 22.7 Å². The van der Waals surface area contributed by atoms with Gasteiger partial charge < -0.3 is 15.8 Å². The number of methoxy groups -OCH3 is 1. The van der Waals surface area contributed by atoms with Crippen molar-refractivity contribution >= 4 is 23.0 Å². The predicted octanol–water partition coefficient (Wildman–Crippen LogP) is 4.90. The van der Waals surface area contributed by atoms with Crippen molar-refractivity contribution in [2.75, 3.05) is 30.5 Å². The lowest BCUT2D eigenvalue weighted by molar-refractivity contribution is -0.137. The highest BCUT2D eigenvalue weighted by molar-refractivity contribution is 6.04. The monoisotopic (exact) mass is 540 g/mol. The minimum atomic E-state index is -4.57. The van der Waals surface area contributed by atoms with Crippen LogP contribution in [0.3, 0.4) is 0 Å². The van der Waals surface area contributed by atoms with Crippen LogP contribution in [0.1, 0.15) is 45.5 Å². The number of pyridine rings is 1. The highest BCUT2D eigenvalue weighted by Crippen LogP contribution is 2.32. The third-order valence-corrected chi connectivity index (χ3v) is 6.49. The molecule has 4 rings (SSSR count). The Morgan fingerprint density at radius 1 is 1.13 bits per heavy atom. The maximum atomic E-state index is 13.6. The number of hydrogen-bond acceptors (Lipinski definition) is 7.